The minimum atomic E-state index is -0.735. The molecular formula is C18H30O7. The van der Waals surface area contributed by atoms with E-state index in [2.05, 4.69) is 4.74 Å². The van der Waals surface area contributed by atoms with Crippen LogP contribution in [0.4, 0.5) is 4.79 Å². The molecule has 144 valence electrons. The Balaban J connectivity index is 2.32. The van der Waals surface area contributed by atoms with E-state index in [0.29, 0.717) is 12.8 Å². The number of aliphatic hydroxyl groups is 1. The summed E-state index contributed by atoms with van der Waals surface area (Å²) in [5.41, 5.74) is 0. The summed E-state index contributed by atoms with van der Waals surface area (Å²) < 4.78 is 14.3. The van der Waals surface area contributed by atoms with E-state index >= 15 is 0 Å². The van der Waals surface area contributed by atoms with Gasteiger partial charge in [-0.05, 0) is 25.7 Å². The van der Waals surface area contributed by atoms with Crippen LogP contribution in [0.3, 0.4) is 0 Å². The van der Waals surface area contributed by atoms with E-state index in [-0.39, 0.29) is 49.3 Å². The summed E-state index contributed by atoms with van der Waals surface area (Å²) in [6.07, 6.45) is 4.24. The van der Waals surface area contributed by atoms with Crippen molar-refractivity contribution in [3.8, 4) is 0 Å². The summed E-state index contributed by atoms with van der Waals surface area (Å²) in [5.74, 6) is -0.563. The Bertz CT molecular complexity index is 435. The largest absolute Gasteiger partial charge is 0.508 e. The second kappa shape index (κ2) is 11.8. The van der Waals surface area contributed by atoms with E-state index in [9.17, 15) is 19.5 Å². The maximum Gasteiger partial charge on any atom is 0.508 e. The van der Waals surface area contributed by atoms with Crippen molar-refractivity contribution in [2.45, 2.75) is 51.9 Å². The summed E-state index contributed by atoms with van der Waals surface area (Å²) in [6.45, 7) is 1.95. The molecule has 3 atom stereocenters. The predicted octanol–water partition coefficient (Wildman–Crippen LogP) is 2.49. The van der Waals surface area contributed by atoms with E-state index in [1.54, 1.807) is 6.92 Å². The quantitative estimate of drug-likeness (QED) is 0.447. The van der Waals surface area contributed by atoms with Crippen molar-refractivity contribution in [2.75, 3.05) is 26.9 Å². The standard InChI is InChI=1S/C18H30O7/c1-3-24-18(22)25-12-13-10-16(20)14(15(13)11-19)8-6-4-5-7-9-17(21)23-2/h13-15,19H,3-12H2,1-2H3/t13-,14+,15-/m1/s1. The van der Waals surface area contributed by atoms with Gasteiger partial charge in [-0.25, -0.2) is 4.79 Å². The average Bonchev–Trinajstić information content (AvgIpc) is 2.90. The summed E-state index contributed by atoms with van der Waals surface area (Å²) in [7, 11) is 1.38. The Morgan fingerprint density at radius 1 is 1.16 bits per heavy atom. The monoisotopic (exact) mass is 358 g/mol. The van der Waals surface area contributed by atoms with Crippen LogP contribution in [0, 0.1) is 17.8 Å². The minimum Gasteiger partial charge on any atom is -0.469 e. The molecule has 0 saturated heterocycles. The smallest absolute Gasteiger partial charge is 0.469 e. The summed E-state index contributed by atoms with van der Waals surface area (Å²) in [6, 6.07) is 0. The van der Waals surface area contributed by atoms with E-state index in [0.717, 1.165) is 32.1 Å². The molecule has 0 radical (unpaired) electrons. The Labute approximate surface area is 149 Å². The zero-order valence-electron chi connectivity index (χ0n) is 15.2. The molecule has 7 nitrogen and oxygen atoms in total. The molecule has 0 bridgehead atoms. The summed E-state index contributed by atoms with van der Waals surface area (Å²) in [5, 5.41) is 9.65. The van der Waals surface area contributed by atoms with Crippen LogP contribution in [-0.2, 0) is 23.8 Å². The first-order chi connectivity index (χ1) is 12.0. The van der Waals surface area contributed by atoms with Gasteiger partial charge in [-0.2, -0.15) is 0 Å². The van der Waals surface area contributed by atoms with Crippen molar-refractivity contribution in [1.82, 2.24) is 0 Å². The Morgan fingerprint density at radius 3 is 2.52 bits per heavy atom. The molecule has 0 unspecified atom stereocenters. The third-order valence-electron chi connectivity index (χ3n) is 4.76. The minimum absolute atomic E-state index is 0.0877. The van der Waals surface area contributed by atoms with E-state index in [1.165, 1.54) is 7.11 Å². The number of ketones is 1. The number of hydrogen-bond acceptors (Lipinski definition) is 7. The predicted molar refractivity (Wildman–Crippen MR) is 89.9 cm³/mol. The fourth-order valence-corrected chi connectivity index (χ4v) is 3.39. The van der Waals surface area contributed by atoms with Crippen molar-refractivity contribution >= 4 is 17.9 Å². The van der Waals surface area contributed by atoms with Gasteiger partial charge in [0.05, 0.1) is 20.3 Å². The van der Waals surface area contributed by atoms with E-state index < -0.39 is 6.16 Å². The number of carbonyl (C=O) groups excluding carboxylic acids is 3. The first kappa shape index (κ1) is 21.4. The normalized spacial score (nSPS) is 22.7. The second-order valence-electron chi connectivity index (χ2n) is 6.41. The molecule has 0 heterocycles. The molecule has 0 spiro atoms. The highest BCUT2D eigenvalue weighted by atomic mass is 16.7. The molecule has 0 amide bonds. The number of carbonyl (C=O) groups is 3. The number of methoxy groups -OCH3 is 1. The number of esters is 1. The lowest BCUT2D eigenvalue weighted by molar-refractivity contribution is -0.140. The van der Waals surface area contributed by atoms with E-state index in [1.807, 2.05) is 0 Å². The fourth-order valence-electron chi connectivity index (χ4n) is 3.39. The zero-order chi connectivity index (χ0) is 18.7. The van der Waals surface area contributed by atoms with Gasteiger partial charge in [0.15, 0.2) is 0 Å². The van der Waals surface area contributed by atoms with Crippen LogP contribution >= 0.6 is 0 Å². The van der Waals surface area contributed by atoms with Crippen LogP contribution in [0.15, 0.2) is 0 Å². The molecule has 1 fully saturated rings. The molecule has 7 heteroatoms. The van der Waals surface area contributed by atoms with Crippen molar-refractivity contribution in [3.05, 3.63) is 0 Å². The number of Topliss-reactive ketones (excluding diaryl/α,β-unsaturated/α-hetero) is 1. The lowest BCUT2D eigenvalue weighted by Crippen LogP contribution is -2.25. The SMILES string of the molecule is CCOC(=O)OC[C@H]1CC(=O)[C@@H](CCCCCCC(=O)OC)[C@@H]1CO. The van der Waals surface area contributed by atoms with Crippen LogP contribution in [0.5, 0.6) is 0 Å². The molecule has 1 saturated carbocycles. The number of rotatable bonds is 11. The fraction of sp³-hybridized carbons (Fsp3) is 0.833. The van der Waals surface area contributed by atoms with Crippen LogP contribution < -0.4 is 0 Å². The van der Waals surface area contributed by atoms with Crippen LogP contribution in [0.1, 0.15) is 51.9 Å². The third kappa shape index (κ3) is 7.42. The van der Waals surface area contributed by atoms with Gasteiger partial charge in [0, 0.05) is 31.3 Å². The highest BCUT2D eigenvalue weighted by Crippen LogP contribution is 2.37. The summed E-state index contributed by atoms with van der Waals surface area (Å²) >= 11 is 0. The maximum absolute atomic E-state index is 12.2. The first-order valence-corrected chi connectivity index (χ1v) is 9.03. The summed E-state index contributed by atoms with van der Waals surface area (Å²) in [4.78, 5) is 34.5. The van der Waals surface area contributed by atoms with Crippen LogP contribution in [0.2, 0.25) is 0 Å². The van der Waals surface area contributed by atoms with Gasteiger partial charge < -0.3 is 19.3 Å². The molecule has 1 aliphatic carbocycles. The van der Waals surface area contributed by atoms with Crippen molar-refractivity contribution in [1.29, 1.82) is 0 Å². The van der Waals surface area contributed by atoms with Gasteiger partial charge in [-0.3, -0.25) is 9.59 Å². The second-order valence-corrected chi connectivity index (χ2v) is 6.41. The Morgan fingerprint density at radius 2 is 1.88 bits per heavy atom. The third-order valence-corrected chi connectivity index (χ3v) is 4.76. The molecule has 0 aromatic rings. The van der Waals surface area contributed by atoms with Gasteiger partial charge in [0.2, 0.25) is 0 Å². The molecule has 0 aromatic heterocycles. The molecule has 1 rings (SSSR count). The Kier molecular flexibility index (Phi) is 10.1. The number of aliphatic hydroxyl groups excluding tert-OH is 1. The lowest BCUT2D eigenvalue weighted by atomic mass is 9.86. The van der Waals surface area contributed by atoms with Crippen LogP contribution in [0.25, 0.3) is 0 Å². The molecule has 1 aliphatic rings. The zero-order valence-corrected chi connectivity index (χ0v) is 15.2. The van der Waals surface area contributed by atoms with E-state index in [4.69, 9.17) is 9.47 Å². The van der Waals surface area contributed by atoms with Gasteiger partial charge in [0.25, 0.3) is 0 Å². The average molecular weight is 358 g/mol. The van der Waals surface area contributed by atoms with Crippen molar-refractivity contribution < 1.29 is 33.7 Å². The van der Waals surface area contributed by atoms with Crippen molar-refractivity contribution in [3.63, 3.8) is 0 Å². The first-order valence-electron chi connectivity index (χ1n) is 9.03. The molecule has 0 aromatic carbocycles. The lowest BCUT2D eigenvalue weighted by Gasteiger charge is -2.21. The topological polar surface area (TPSA) is 99.1 Å². The molecule has 1 N–H and O–H groups in total. The highest BCUT2D eigenvalue weighted by molar-refractivity contribution is 5.84. The molecular weight excluding hydrogens is 328 g/mol. The number of unbranched alkanes of at least 4 members (excludes halogenated alkanes) is 3. The number of ether oxygens (including phenoxy) is 3. The number of hydrogen-bond donors (Lipinski definition) is 1. The highest BCUT2D eigenvalue weighted by Gasteiger charge is 2.41. The molecule has 0 aliphatic heterocycles. The Hall–Kier alpha value is -1.63. The van der Waals surface area contributed by atoms with Gasteiger partial charge in [-0.1, -0.05) is 19.3 Å². The van der Waals surface area contributed by atoms with Gasteiger partial charge >= 0.3 is 12.1 Å². The van der Waals surface area contributed by atoms with Gasteiger partial charge in [0.1, 0.15) is 5.78 Å². The van der Waals surface area contributed by atoms with Crippen LogP contribution in [-0.4, -0.2) is 49.9 Å². The van der Waals surface area contributed by atoms with Gasteiger partial charge in [-0.15, -0.1) is 0 Å². The van der Waals surface area contributed by atoms with Crippen molar-refractivity contribution in [2.24, 2.45) is 17.8 Å². The maximum atomic E-state index is 12.2. The molecule has 25 heavy (non-hydrogen) atoms.